The van der Waals surface area contributed by atoms with Crippen molar-refractivity contribution < 1.29 is 9.59 Å². The number of benzene rings is 4. The maximum atomic E-state index is 13.3. The predicted octanol–water partition coefficient (Wildman–Crippen LogP) is 4.79. The van der Waals surface area contributed by atoms with Gasteiger partial charge in [-0.25, -0.2) is 0 Å². The fraction of sp³-hybridized carbons (Fsp3) is 0.0435. The minimum atomic E-state index is -0.229. The summed E-state index contributed by atoms with van der Waals surface area (Å²) in [5.41, 5.74) is 2.16. The van der Waals surface area contributed by atoms with E-state index >= 15 is 0 Å². The molecule has 1 aliphatic heterocycles. The normalized spacial score (nSPS) is 13.6. The molecule has 2 amide bonds. The first kappa shape index (κ1) is 14.8. The molecule has 3 nitrogen and oxygen atoms in total. The molecular formula is C23H15NO2. The lowest BCUT2D eigenvalue weighted by Gasteiger charge is -2.28. The minimum Gasteiger partial charge on any atom is -0.270 e. The lowest BCUT2D eigenvalue weighted by molar-refractivity contribution is 0.0599. The molecule has 0 atom stereocenters. The SMILES string of the molecule is O=C1c2cccc3cc4ccccc4c(c23)C(=O)N1Cc1ccccc1. The third-order valence-corrected chi connectivity index (χ3v) is 5.01. The van der Waals surface area contributed by atoms with Crippen LogP contribution in [0.25, 0.3) is 21.5 Å². The van der Waals surface area contributed by atoms with Crippen molar-refractivity contribution in [2.75, 3.05) is 0 Å². The number of imide groups is 1. The number of carbonyl (C=O) groups excluding carboxylic acids is 2. The van der Waals surface area contributed by atoms with E-state index in [4.69, 9.17) is 0 Å². The maximum absolute atomic E-state index is 13.3. The summed E-state index contributed by atoms with van der Waals surface area (Å²) in [7, 11) is 0. The summed E-state index contributed by atoms with van der Waals surface area (Å²) in [6.45, 7) is 0.275. The Morgan fingerprint density at radius 3 is 2.27 bits per heavy atom. The Morgan fingerprint density at radius 1 is 0.692 bits per heavy atom. The Bertz CT molecular complexity index is 1190. The third-order valence-electron chi connectivity index (χ3n) is 5.01. The second kappa shape index (κ2) is 5.53. The second-order valence-electron chi connectivity index (χ2n) is 6.56. The zero-order valence-corrected chi connectivity index (χ0v) is 14.0. The highest BCUT2D eigenvalue weighted by Gasteiger charge is 2.34. The van der Waals surface area contributed by atoms with Crippen LogP contribution in [0, 0.1) is 0 Å². The first-order valence-electron chi connectivity index (χ1n) is 8.58. The van der Waals surface area contributed by atoms with Gasteiger partial charge in [0.05, 0.1) is 12.1 Å². The molecule has 4 aromatic carbocycles. The van der Waals surface area contributed by atoms with E-state index < -0.39 is 0 Å². The summed E-state index contributed by atoms with van der Waals surface area (Å²) in [4.78, 5) is 27.8. The van der Waals surface area contributed by atoms with Crippen molar-refractivity contribution >= 4 is 33.4 Å². The highest BCUT2D eigenvalue weighted by atomic mass is 16.2. The van der Waals surface area contributed by atoms with Gasteiger partial charge in [-0.05, 0) is 33.9 Å². The van der Waals surface area contributed by atoms with Gasteiger partial charge in [0.15, 0.2) is 0 Å². The van der Waals surface area contributed by atoms with Crippen LogP contribution >= 0.6 is 0 Å². The van der Waals surface area contributed by atoms with Crippen LogP contribution in [0.5, 0.6) is 0 Å². The molecular weight excluding hydrogens is 322 g/mol. The zero-order valence-electron chi connectivity index (χ0n) is 14.0. The van der Waals surface area contributed by atoms with Gasteiger partial charge < -0.3 is 0 Å². The molecule has 0 saturated heterocycles. The average Bonchev–Trinajstić information content (AvgIpc) is 2.68. The highest BCUT2D eigenvalue weighted by molar-refractivity contribution is 6.30. The van der Waals surface area contributed by atoms with Crippen LogP contribution in [-0.4, -0.2) is 16.7 Å². The first-order valence-corrected chi connectivity index (χ1v) is 8.58. The van der Waals surface area contributed by atoms with Gasteiger partial charge in [0.1, 0.15) is 0 Å². The van der Waals surface area contributed by atoms with Crippen LogP contribution in [0.1, 0.15) is 26.3 Å². The standard InChI is InChI=1S/C23H15NO2/c25-22-19-12-6-10-17-13-16-9-4-5-11-18(16)21(20(17)19)23(26)24(22)14-15-7-2-1-3-8-15/h1-13H,14H2. The van der Waals surface area contributed by atoms with Gasteiger partial charge in [0.25, 0.3) is 11.8 Å². The second-order valence-corrected chi connectivity index (χ2v) is 6.56. The van der Waals surface area contributed by atoms with E-state index in [1.54, 1.807) is 0 Å². The Balaban J connectivity index is 1.78. The van der Waals surface area contributed by atoms with Gasteiger partial charge in [0, 0.05) is 10.9 Å². The van der Waals surface area contributed by atoms with E-state index in [1.807, 2.05) is 78.9 Å². The summed E-state index contributed by atoms with van der Waals surface area (Å²) in [6.07, 6.45) is 0. The largest absolute Gasteiger partial charge is 0.270 e. The van der Waals surface area contributed by atoms with E-state index in [9.17, 15) is 9.59 Å². The molecule has 0 radical (unpaired) electrons. The van der Waals surface area contributed by atoms with Gasteiger partial charge in [-0.2, -0.15) is 0 Å². The molecule has 5 rings (SSSR count). The van der Waals surface area contributed by atoms with E-state index in [0.29, 0.717) is 11.1 Å². The lowest BCUT2D eigenvalue weighted by atomic mass is 9.89. The fourth-order valence-corrected chi connectivity index (χ4v) is 3.80. The molecule has 0 N–H and O–H groups in total. The number of fused-ring (bicyclic) bond motifs is 2. The van der Waals surface area contributed by atoms with Gasteiger partial charge in [-0.15, -0.1) is 0 Å². The molecule has 4 aromatic rings. The average molecular weight is 337 g/mol. The summed E-state index contributed by atoms with van der Waals surface area (Å²) < 4.78 is 0. The van der Waals surface area contributed by atoms with Crippen LogP contribution in [0.2, 0.25) is 0 Å². The van der Waals surface area contributed by atoms with E-state index in [2.05, 4.69) is 0 Å². The molecule has 0 spiro atoms. The number of hydrogen-bond donors (Lipinski definition) is 0. The quantitative estimate of drug-likeness (QED) is 0.389. The summed E-state index contributed by atoms with van der Waals surface area (Å²) in [5.74, 6) is -0.452. The zero-order chi connectivity index (χ0) is 17.7. The molecule has 26 heavy (non-hydrogen) atoms. The van der Waals surface area contributed by atoms with Gasteiger partial charge in [-0.3, -0.25) is 14.5 Å². The van der Waals surface area contributed by atoms with Crippen molar-refractivity contribution in [2.45, 2.75) is 6.54 Å². The first-order chi connectivity index (χ1) is 12.7. The van der Waals surface area contributed by atoms with Crippen LogP contribution in [0.4, 0.5) is 0 Å². The predicted molar refractivity (Wildman–Crippen MR) is 102 cm³/mol. The maximum Gasteiger partial charge on any atom is 0.262 e. The Morgan fingerprint density at radius 2 is 1.42 bits per heavy atom. The van der Waals surface area contributed by atoms with Crippen LogP contribution in [-0.2, 0) is 6.54 Å². The van der Waals surface area contributed by atoms with E-state index in [0.717, 1.165) is 27.1 Å². The van der Waals surface area contributed by atoms with E-state index in [-0.39, 0.29) is 18.4 Å². The summed E-state index contributed by atoms with van der Waals surface area (Å²) in [6, 6.07) is 25.2. The third kappa shape index (κ3) is 2.07. The number of nitrogens with zero attached hydrogens (tertiary/aromatic N) is 1. The van der Waals surface area contributed by atoms with Gasteiger partial charge in [0.2, 0.25) is 0 Å². The van der Waals surface area contributed by atoms with Crippen LogP contribution < -0.4 is 0 Å². The number of hydrogen-bond acceptors (Lipinski definition) is 2. The number of carbonyl (C=O) groups is 2. The Kier molecular flexibility index (Phi) is 3.16. The molecule has 0 bridgehead atoms. The Hall–Kier alpha value is -3.46. The molecule has 1 heterocycles. The summed E-state index contributed by atoms with van der Waals surface area (Å²) in [5, 5.41) is 3.60. The monoisotopic (exact) mass is 337 g/mol. The smallest absolute Gasteiger partial charge is 0.262 e. The van der Waals surface area contributed by atoms with E-state index in [1.165, 1.54) is 4.90 Å². The van der Waals surface area contributed by atoms with Gasteiger partial charge in [-0.1, -0.05) is 66.7 Å². The molecule has 1 aliphatic rings. The molecule has 0 aromatic heterocycles. The molecule has 0 unspecified atom stereocenters. The highest BCUT2D eigenvalue weighted by Crippen LogP contribution is 2.36. The summed E-state index contributed by atoms with van der Waals surface area (Å²) >= 11 is 0. The topological polar surface area (TPSA) is 37.4 Å². The van der Waals surface area contributed by atoms with Crippen molar-refractivity contribution in [3.8, 4) is 0 Å². The van der Waals surface area contributed by atoms with Crippen molar-refractivity contribution in [2.24, 2.45) is 0 Å². The molecule has 0 fully saturated rings. The number of rotatable bonds is 2. The van der Waals surface area contributed by atoms with Crippen molar-refractivity contribution in [1.82, 2.24) is 4.90 Å². The van der Waals surface area contributed by atoms with Crippen LogP contribution in [0.15, 0.2) is 78.9 Å². The van der Waals surface area contributed by atoms with Gasteiger partial charge >= 0.3 is 0 Å². The van der Waals surface area contributed by atoms with Crippen LogP contribution in [0.3, 0.4) is 0 Å². The fourth-order valence-electron chi connectivity index (χ4n) is 3.80. The minimum absolute atomic E-state index is 0.223. The molecule has 0 saturated carbocycles. The Labute approximate surface area is 150 Å². The molecule has 3 heteroatoms. The van der Waals surface area contributed by atoms with Crippen molar-refractivity contribution in [1.29, 1.82) is 0 Å². The number of amides is 2. The lowest BCUT2D eigenvalue weighted by Crippen LogP contribution is -2.39. The van der Waals surface area contributed by atoms with Crippen molar-refractivity contribution in [3.63, 3.8) is 0 Å². The molecule has 0 aliphatic carbocycles. The van der Waals surface area contributed by atoms with Crippen molar-refractivity contribution in [3.05, 3.63) is 95.6 Å². The molecule has 124 valence electrons.